The first-order valence-electron chi connectivity index (χ1n) is 11.9. The molecule has 0 aliphatic rings. The minimum atomic E-state index is -0.666. The molecule has 0 aliphatic heterocycles. The molecule has 1 aromatic heterocycles. The van der Waals surface area contributed by atoms with Gasteiger partial charge in [0, 0.05) is 34.9 Å². The Kier molecular flexibility index (Phi) is 6.88. The van der Waals surface area contributed by atoms with Crippen molar-refractivity contribution in [3.8, 4) is 22.5 Å². The second-order valence-electron chi connectivity index (χ2n) is 9.60. The fraction of sp³-hybridized carbons (Fsp3) is 0.233. The van der Waals surface area contributed by atoms with E-state index in [-0.39, 0.29) is 29.7 Å². The summed E-state index contributed by atoms with van der Waals surface area (Å²) >= 11 is 0. The van der Waals surface area contributed by atoms with E-state index in [2.05, 4.69) is 5.32 Å². The van der Waals surface area contributed by atoms with Crippen LogP contribution in [0.5, 0.6) is 0 Å². The Morgan fingerprint density at radius 2 is 1.58 bits per heavy atom. The third-order valence-corrected chi connectivity index (χ3v) is 6.00. The summed E-state index contributed by atoms with van der Waals surface area (Å²) in [6.07, 6.45) is 0.527. The van der Waals surface area contributed by atoms with Crippen LogP contribution in [0.1, 0.15) is 61.3 Å². The molecule has 0 saturated carbocycles. The zero-order valence-corrected chi connectivity index (χ0v) is 20.8. The van der Waals surface area contributed by atoms with Crippen LogP contribution in [0.2, 0.25) is 0 Å². The Labute approximate surface area is 209 Å². The van der Waals surface area contributed by atoms with Gasteiger partial charge in [0.05, 0.1) is 5.56 Å². The van der Waals surface area contributed by atoms with Crippen molar-refractivity contribution < 1.29 is 23.2 Å². The number of halogens is 1. The van der Waals surface area contributed by atoms with Gasteiger partial charge in [0.2, 0.25) is 0 Å². The van der Waals surface area contributed by atoms with Gasteiger partial charge < -0.3 is 9.73 Å². The number of amides is 1. The number of furan rings is 1. The lowest BCUT2D eigenvalue weighted by Gasteiger charge is -2.25. The molecule has 3 aromatic carbocycles. The molecule has 184 valence electrons. The summed E-state index contributed by atoms with van der Waals surface area (Å²) in [6, 6.07) is 18.6. The minimum absolute atomic E-state index is 0.0000903. The standard InChI is InChI=1S/C30H28FNO4/c1-5-25(34)27-24-16-21(11-14-26(24)36-28(27)19-9-12-23(31)13-10-19)20-7-6-8-22(15-20)29(35)32-30(3,4)17-18(2)33/h6-16H,5,17H2,1-4H3,(H,32,35). The molecular weight excluding hydrogens is 457 g/mol. The molecule has 1 heterocycles. The average Bonchev–Trinajstić information content (AvgIpc) is 3.21. The SMILES string of the molecule is CCC(=O)c1c(-c2ccc(F)cc2)oc2ccc(-c3cccc(C(=O)NC(C)(C)CC(C)=O)c3)cc12. The summed E-state index contributed by atoms with van der Waals surface area (Å²) in [4.78, 5) is 37.4. The second-order valence-corrected chi connectivity index (χ2v) is 9.60. The largest absolute Gasteiger partial charge is 0.455 e. The summed E-state index contributed by atoms with van der Waals surface area (Å²) in [5.74, 6) is -0.303. The molecular formula is C30H28FNO4. The third-order valence-electron chi connectivity index (χ3n) is 6.00. The van der Waals surface area contributed by atoms with Gasteiger partial charge in [-0.1, -0.05) is 25.1 Å². The number of nitrogens with one attached hydrogen (secondary N) is 1. The summed E-state index contributed by atoms with van der Waals surface area (Å²) in [6.45, 7) is 6.91. The highest BCUT2D eigenvalue weighted by Gasteiger charge is 2.24. The van der Waals surface area contributed by atoms with Crippen molar-refractivity contribution in [1.29, 1.82) is 0 Å². The number of benzene rings is 3. The van der Waals surface area contributed by atoms with Gasteiger partial charge in [0.15, 0.2) is 5.78 Å². The van der Waals surface area contributed by atoms with Crippen LogP contribution in [0.4, 0.5) is 4.39 Å². The maximum atomic E-state index is 13.5. The molecule has 0 atom stereocenters. The topological polar surface area (TPSA) is 76.4 Å². The quantitative estimate of drug-likeness (QED) is 0.273. The first kappa shape index (κ1) is 25.0. The van der Waals surface area contributed by atoms with Crippen LogP contribution in [0, 0.1) is 5.82 Å². The van der Waals surface area contributed by atoms with Crippen molar-refractivity contribution >= 4 is 28.4 Å². The second kappa shape index (κ2) is 9.90. The number of carbonyl (C=O) groups is 3. The zero-order chi connectivity index (χ0) is 26.0. The summed E-state index contributed by atoms with van der Waals surface area (Å²) < 4.78 is 19.5. The monoisotopic (exact) mass is 485 g/mol. The van der Waals surface area contributed by atoms with Gasteiger partial charge in [-0.3, -0.25) is 14.4 Å². The molecule has 6 heteroatoms. The molecule has 0 spiro atoms. The molecule has 0 aliphatic carbocycles. The fourth-order valence-corrected chi connectivity index (χ4v) is 4.42. The molecule has 0 radical (unpaired) electrons. The number of hydrogen-bond donors (Lipinski definition) is 1. The molecule has 1 N–H and O–H groups in total. The molecule has 4 rings (SSSR count). The van der Waals surface area contributed by atoms with E-state index in [1.807, 2.05) is 32.0 Å². The fourth-order valence-electron chi connectivity index (χ4n) is 4.42. The van der Waals surface area contributed by atoms with Gasteiger partial charge in [0.1, 0.15) is 22.9 Å². The van der Waals surface area contributed by atoms with Crippen LogP contribution in [0.3, 0.4) is 0 Å². The van der Waals surface area contributed by atoms with Crippen LogP contribution in [0.15, 0.2) is 71.1 Å². The summed E-state index contributed by atoms with van der Waals surface area (Å²) in [5.41, 5.74) is 3.05. The van der Waals surface area contributed by atoms with Crippen molar-refractivity contribution in [2.45, 2.75) is 46.1 Å². The van der Waals surface area contributed by atoms with E-state index in [9.17, 15) is 18.8 Å². The Balaban J connectivity index is 1.74. The third kappa shape index (κ3) is 5.28. The maximum absolute atomic E-state index is 13.5. The van der Waals surface area contributed by atoms with Gasteiger partial charge in [-0.15, -0.1) is 0 Å². The number of fused-ring (bicyclic) bond motifs is 1. The zero-order valence-electron chi connectivity index (χ0n) is 20.8. The van der Waals surface area contributed by atoms with Gasteiger partial charge in [-0.05, 0) is 80.4 Å². The van der Waals surface area contributed by atoms with E-state index in [1.165, 1.54) is 19.1 Å². The average molecular weight is 486 g/mol. The van der Waals surface area contributed by atoms with Gasteiger partial charge in [-0.25, -0.2) is 4.39 Å². The lowest BCUT2D eigenvalue weighted by Crippen LogP contribution is -2.44. The van der Waals surface area contributed by atoms with Crippen LogP contribution in [0.25, 0.3) is 33.4 Å². The van der Waals surface area contributed by atoms with E-state index in [4.69, 9.17) is 4.42 Å². The van der Waals surface area contributed by atoms with Crippen molar-refractivity contribution in [1.82, 2.24) is 5.32 Å². The molecule has 36 heavy (non-hydrogen) atoms. The van der Waals surface area contributed by atoms with E-state index in [0.29, 0.717) is 39.8 Å². The first-order chi connectivity index (χ1) is 17.1. The van der Waals surface area contributed by atoms with E-state index < -0.39 is 5.54 Å². The molecule has 0 unspecified atom stereocenters. The Bertz CT molecular complexity index is 1460. The van der Waals surface area contributed by atoms with E-state index in [0.717, 1.165) is 11.1 Å². The lowest BCUT2D eigenvalue weighted by atomic mass is 9.96. The normalized spacial score (nSPS) is 11.5. The van der Waals surface area contributed by atoms with Gasteiger partial charge in [0.25, 0.3) is 5.91 Å². The highest BCUT2D eigenvalue weighted by atomic mass is 19.1. The summed E-state index contributed by atoms with van der Waals surface area (Å²) in [7, 11) is 0. The van der Waals surface area contributed by atoms with Crippen molar-refractivity contribution in [3.05, 3.63) is 83.7 Å². The number of hydrogen-bond acceptors (Lipinski definition) is 4. The van der Waals surface area contributed by atoms with Crippen LogP contribution >= 0.6 is 0 Å². The van der Waals surface area contributed by atoms with E-state index >= 15 is 0 Å². The Morgan fingerprint density at radius 1 is 0.917 bits per heavy atom. The first-order valence-corrected chi connectivity index (χ1v) is 11.9. The van der Waals surface area contributed by atoms with Crippen LogP contribution < -0.4 is 5.32 Å². The van der Waals surface area contributed by atoms with Crippen molar-refractivity contribution in [3.63, 3.8) is 0 Å². The molecule has 0 saturated heterocycles. The smallest absolute Gasteiger partial charge is 0.251 e. The van der Waals surface area contributed by atoms with Crippen LogP contribution in [-0.4, -0.2) is 23.0 Å². The van der Waals surface area contributed by atoms with Crippen molar-refractivity contribution in [2.24, 2.45) is 0 Å². The summed E-state index contributed by atoms with van der Waals surface area (Å²) in [5, 5.41) is 3.59. The number of carbonyl (C=O) groups excluding carboxylic acids is 3. The van der Waals surface area contributed by atoms with Crippen molar-refractivity contribution in [2.75, 3.05) is 0 Å². The molecule has 0 fully saturated rings. The van der Waals surface area contributed by atoms with E-state index in [1.54, 1.807) is 43.3 Å². The highest BCUT2D eigenvalue weighted by molar-refractivity contribution is 6.12. The number of Topliss-reactive ketones (excluding diaryl/α,β-unsaturated/α-hetero) is 2. The Morgan fingerprint density at radius 3 is 2.25 bits per heavy atom. The number of rotatable bonds is 8. The minimum Gasteiger partial charge on any atom is -0.455 e. The molecule has 0 bridgehead atoms. The number of ketones is 2. The Hall–Kier alpha value is -4.06. The van der Waals surface area contributed by atoms with Crippen LogP contribution in [-0.2, 0) is 4.79 Å². The molecule has 4 aromatic rings. The predicted octanol–water partition coefficient (Wildman–Crippen LogP) is 6.99. The van der Waals surface area contributed by atoms with Gasteiger partial charge in [-0.2, -0.15) is 0 Å². The predicted molar refractivity (Wildman–Crippen MR) is 139 cm³/mol. The molecule has 5 nitrogen and oxygen atoms in total. The lowest BCUT2D eigenvalue weighted by molar-refractivity contribution is -0.118. The maximum Gasteiger partial charge on any atom is 0.251 e. The molecule has 1 amide bonds. The van der Waals surface area contributed by atoms with Gasteiger partial charge >= 0.3 is 0 Å². The highest BCUT2D eigenvalue weighted by Crippen LogP contribution is 2.37.